The van der Waals surface area contributed by atoms with Crippen LogP contribution in [0.4, 0.5) is 0 Å². The maximum absolute atomic E-state index is 11.0. The van der Waals surface area contributed by atoms with E-state index in [1.165, 1.54) is 0 Å². The lowest BCUT2D eigenvalue weighted by Crippen LogP contribution is -2.32. The predicted octanol–water partition coefficient (Wildman–Crippen LogP) is 2.56. The molecule has 2 aromatic rings. The molecule has 0 aliphatic rings. The molecule has 0 aliphatic heterocycles. The number of ether oxygens (including phenoxy) is 1. The van der Waals surface area contributed by atoms with Crippen molar-refractivity contribution >= 4 is 10.0 Å². The molecule has 0 saturated heterocycles. The molecule has 0 heterocycles. The van der Waals surface area contributed by atoms with Crippen molar-refractivity contribution in [2.24, 2.45) is 0 Å². The maximum atomic E-state index is 11.0. The predicted molar refractivity (Wildman–Crippen MR) is 97.7 cm³/mol. The van der Waals surface area contributed by atoms with Crippen LogP contribution in [0, 0.1) is 0 Å². The molecule has 2 aromatic carbocycles. The number of nitrogens with one attached hydrogen (secondary N) is 2. The minimum Gasteiger partial charge on any atom is -0.496 e. The first-order valence-corrected chi connectivity index (χ1v) is 9.71. The van der Waals surface area contributed by atoms with Crippen LogP contribution >= 0.6 is 0 Å². The molecule has 1 atom stereocenters. The van der Waals surface area contributed by atoms with Crippen molar-refractivity contribution in [3.63, 3.8) is 0 Å². The molecule has 130 valence electrons. The molecule has 2 N–H and O–H groups in total. The Morgan fingerprint density at radius 3 is 2.33 bits per heavy atom. The van der Waals surface area contributed by atoms with Gasteiger partial charge in [0.15, 0.2) is 0 Å². The highest BCUT2D eigenvalue weighted by Gasteiger charge is 2.08. The van der Waals surface area contributed by atoms with Gasteiger partial charge in [-0.05, 0) is 24.1 Å². The van der Waals surface area contributed by atoms with Gasteiger partial charge in [0.25, 0.3) is 0 Å². The first kappa shape index (κ1) is 18.4. The highest BCUT2D eigenvalue weighted by atomic mass is 32.2. The van der Waals surface area contributed by atoms with Crippen LogP contribution in [0.2, 0.25) is 0 Å². The van der Waals surface area contributed by atoms with Gasteiger partial charge in [-0.1, -0.05) is 42.5 Å². The molecular weight excluding hydrogens is 324 g/mol. The maximum Gasteiger partial charge on any atom is 0.208 e. The van der Waals surface area contributed by atoms with Gasteiger partial charge >= 0.3 is 0 Å². The van der Waals surface area contributed by atoms with Crippen molar-refractivity contribution < 1.29 is 13.2 Å². The van der Waals surface area contributed by atoms with E-state index in [1.807, 2.05) is 24.3 Å². The molecular formula is C18H24N2O3S. The fourth-order valence-corrected chi connectivity index (χ4v) is 2.95. The number of benzene rings is 2. The molecule has 0 fully saturated rings. The van der Waals surface area contributed by atoms with Crippen molar-refractivity contribution in [2.75, 3.05) is 26.5 Å². The summed E-state index contributed by atoms with van der Waals surface area (Å²) in [6.45, 7) is 3.00. The minimum atomic E-state index is -3.13. The lowest BCUT2D eigenvalue weighted by molar-refractivity contribution is 0.416. The SMILES string of the molecule is COc1ccccc1-c1ccc(C(C)NCCNS(C)(=O)=O)cc1. The third-order valence-electron chi connectivity index (χ3n) is 3.77. The topological polar surface area (TPSA) is 67.4 Å². The summed E-state index contributed by atoms with van der Waals surface area (Å²) in [7, 11) is -1.46. The summed E-state index contributed by atoms with van der Waals surface area (Å²) in [5.74, 6) is 0.850. The van der Waals surface area contributed by atoms with Crippen LogP contribution in [0.25, 0.3) is 11.1 Å². The van der Waals surface area contributed by atoms with Gasteiger partial charge in [-0.25, -0.2) is 13.1 Å². The average Bonchev–Trinajstić information content (AvgIpc) is 2.58. The Balaban J connectivity index is 1.98. The molecule has 0 bridgehead atoms. The monoisotopic (exact) mass is 348 g/mol. The van der Waals surface area contributed by atoms with Crippen molar-refractivity contribution in [2.45, 2.75) is 13.0 Å². The van der Waals surface area contributed by atoms with Crippen LogP contribution in [-0.2, 0) is 10.0 Å². The van der Waals surface area contributed by atoms with E-state index in [4.69, 9.17) is 4.74 Å². The Bertz CT molecular complexity index is 758. The van der Waals surface area contributed by atoms with Crippen molar-refractivity contribution in [1.82, 2.24) is 10.0 Å². The number of hydrogen-bond acceptors (Lipinski definition) is 4. The molecule has 1 unspecified atom stereocenters. The van der Waals surface area contributed by atoms with E-state index >= 15 is 0 Å². The molecule has 5 nitrogen and oxygen atoms in total. The summed E-state index contributed by atoms with van der Waals surface area (Å²) in [4.78, 5) is 0. The Hall–Kier alpha value is -1.89. The third-order valence-corrected chi connectivity index (χ3v) is 4.50. The summed E-state index contributed by atoms with van der Waals surface area (Å²) in [5.41, 5.74) is 3.31. The zero-order chi connectivity index (χ0) is 17.6. The van der Waals surface area contributed by atoms with E-state index in [9.17, 15) is 8.42 Å². The van der Waals surface area contributed by atoms with Crippen LogP contribution in [0.5, 0.6) is 5.75 Å². The van der Waals surface area contributed by atoms with Crippen molar-refractivity contribution in [3.05, 3.63) is 54.1 Å². The largest absolute Gasteiger partial charge is 0.496 e. The van der Waals surface area contributed by atoms with Crippen LogP contribution in [0.15, 0.2) is 48.5 Å². The Kier molecular flexibility index (Phi) is 6.36. The lowest BCUT2D eigenvalue weighted by atomic mass is 10.0. The van der Waals surface area contributed by atoms with Crippen molar-refractivity contribution in [1.29, 1.82) is 0 Å². The molecule has 6 heteroatoms. The highest BCUT2D eigenvalue weighted by Crippen LogP contribution is 2.30. The van der Waals surface area contributed by atoms with E-state index < -0.39 is 10.0 Å². The molecule has 0 radical (unpaired) electrons. The van der Waals surface area contributed by atoms with Gasteiger partial charge in [-0.15, -0.1) is 0 Å². The first-order chi connectivity index (χ1) is 11.4. The van der Waals surface area contributed by atoms with E-state index in [2.05, 4.69) is 41.2 Å². The second-order valence-electron chi connectivity index (χ2n) is 5.66. The highest BCUT2D eigenvalue weighted by molar-refractivity contribution is 7.88. The normalized spacial score (nSPS) is 12.8. The van der Waals surface area contributed by atoms with Gasteiger partial charge < -0.3 is 10.1 Å². The molecule has 0 spiro atoms. The van der Waals surface area contributed by atoms with Gasteiger partial charge in [-0.3, -0.25) is 0 Å². The van der Waals surface area contributed by atoms with Gasteiger partial charge in [-0.2, -0.15) is 0 Å². The average molecular weight is 348 g/mol. The number of hydrogen-bond donors (Lipinski definition) is 2. The quantitative estimate of drug-likeness (QED) is 0.720. The van der Waals surface area contributed by atoms with Crippen LogP contribution in [0.1, 0.15) is 18.5 Å². The number of rotatable bonds is 8. The fraction of sp³-hybridized carbons (Fsp3) is 0.333. The summed E-state index contributed by atoms with van der Waals surface area (Å²) in [6.07, 6.45) is 1.16. The Morgan fingerprint density at radius 2 is 1.71 bits per heavy atom. The third kappa shape index (κ3) is 5.33. The first-order valence-electron chi connectivity index (χ1n) is 7.82. The molecule has 0 saturated carbocycles. The summed E-state index contributed by atoms with van der Waals surface area (Å²) < 4.78 is 29.9. The van der Waals surface area contributed by atoms with Gasteiger partial charge in [0.1, 0.15) is 5.75 Å². The summed E-state index contributed by atoms with van der Waals surface area (Å²) in [6, 6.07) is 16.3. The smallest absolute Gasteiger partial charge is 0.208 e. The molecule has 0 aromatic heterocycles. The minimum absolute atomic E-state index is 0.137. The second-order valence-corrected chi connectivity index (χ2v) is 7.50. The summed E-state index contributed by atoms with van der Waals surface area (Å²) >= 11 is 0. The zero-order valence-corrected chi connectivity index (χ0v) is 15.1. The van der Waals surface area contributed by atoms with E-state index in [-0.39, 0.29) is 6.04 Å². The standard InChI is InChI=1S/C18H24N2O3S/c1-14(19-12-13-20-24(3,21)22)15-8-10-16(11-9-15)17-6-4-5-7-18(17)23-2/h4-11,14,19-20H,12-13H2,1-3H3. The fourth-order valence-electron chi connectivity index (χ4n) is 2.48. The van der Waals surface area contributed by atoms with Crippen LogP contribution in [0.3, 0.4) is 0 Å². The van der Waals surface area contributed by atoms with E-state index in [1.54, 1.807) is 7.11 Å². The number of methoxy groups -OCH3 is 1. The Labute approximate surface area is 144 Å². The number of sulfonamides is 1. The van der Waals surface area contributed by atoms with E-state index in [0.717, 1.165) is 28.7 Å². The number of para-hydroxylation sites is 1. The second kappa shape index (κ2) is 8.28. The van der Waals surface area contributed by atoms with Crippen LogP contribution in [-0.4, -0.2) is 34.9 Å². The van der Waals surface area contributed by atoms with E-state index in [0.29, 0.717) is 13.1 Å². The van der Waals surface area contributed by atoms with Gasteiger partial charge in [0.05, 0.1) is 13.4 Å². The molecule has 24 heavy (non-hydrogen) atoms. The van der Waals surface area contributed by atoms with Gasteiger partial charge in [0.2, 0.25) is 10.0 Å². The van der Waals surface area contributed by atoms with Crippen molar-refractivity contribution in [3.8, 4) is 16.9 Å². The Morgan fingerprint density at radius 1 is 1.04 bits per heavy atom. The molecule has 0 aliphatic carbocycles. The van der Waals surface area contributed by atoms with Crippen LogP contribution < -0.4 is 14.8 Å². The summed E-state index contributed by atoms with van der Waals surface area (Å²) in [5, 5.41) is 3.30. The zero-order valence-electron chi connectivity index (χ0n) is 14.2. The molecule has 0 amide bonds. The molecule has 2 rings (SSSR count). The van der Waals surface area contributed by atoms with Gasteiger partial charge in [0, 0.05) is 24.7 Å². The lowest BCUT2D eigenvalue weighted by Gasteiger charge is -2.15.